The minimum atomic E-state index is 0.259. The lowest BCUT2D eigenvalue weighted by molar-refractivity contribution is 0.813. The summed E-state index contributed by atoms with van der Waals surface area (Å²) in [4.78, 5) is 3.93. The van der Waals surface area contributed by atoms with Crippen molar-refractivity contribution in [2.75, 3.05) is 12.3 Å². The van der Waals surface area contributed by atoms with Crippen LogP contribution in [0.3, 0.4) is 0 Å². The minimum Gasteiger partial charge on any atom is -0.366 e. The average Bonchev–Trinajstić information content (AvgIpc) is 2.55. The van der Waals surface area contributed by atoms with E-state index in [-0.39, 0.29) is 5.95 Å². The zero-order valence-corrected chi connectivity index (χ0v) is 5.83. The highest BCUT2D eigenvalue weighted by molar-refractivity contribution is 5.98. The fourth-order valence-electron chi connectivity index (χ4n) is 0.957. The Morgan fingerprint density at radius 1 is 1.45 bits per heavy atom. The third kappa shape index (κ3) is 1.02. The van der Waals surface area contributed by atoms with Crippen LogP contribution < -0.4 is 11.2 Å². The lowest BCUT2D eigenvalue weighted by Gasteiger charge is -1.87. The molecule has 2 heterocycles. The van der Waals surface area contributed by atoms with Gasteiger partial charge < -0.3 is 11.2 Å². The van der Waals surface area contributed by atoms with Gasteiger partial charge in [0.25, 0.3) is 0 Å². The monoisotopic (exact) mass is 152 g/mol. The SMILES string of the molecule is Nc1n[nH]c(C2=NNCC2)n1. The first-order valence-corrected chi connectivity index (χ1v) is 3.34. The smallest absolute Gasteiger partial charge is 0.239 e. The molecule has 11 heavy (non-hydrogen) atoms. The van der Waals surface area contributed by atoms with Crippen molar-refractivity contribution in [2.24, 2.45) is 5.10 Å². The van der Waals surface area contributed by atoms with Crippen LogP contribution in [-0.2, 0) is 0 Å². The Morgan fingerprint density at radius 3 is 2.91 bits per heavy atom. The van der Waals surface area contributed by atoms with E-state index < -0.39 is 0 Å². The van der Waals surface area contributed by atoms with Gasteiger partial charge in [-0.3, -0.25) is 5.10 Å². The van der Waals surface area contributed by atoms with Crippen molar-refractivity contribution in [3.05, 3.63) is 5.82 Å². The number of hydrogen-bond donors (Lipinski definition) is 3. The molecule has 2 rings (SSSR count). The number of aromatic nitrogens is 3. The molecule has 1 aromatic rings. The number of hydrazone groups is 1. The first kappa shape index (κ1) is 6.14. The number of anilines is 1. The van der Waals surface area contributed by atoms with Crippen LogP contribution in [0.2, 0.25) is 0 Å². The number of nitrogens with zero attached hydrogens (tertiary/aromatic N) is 3. The molecule has 0 unspecified atom stereocenters. The second-order valence-corrected chi connectivity index (χ2v) is 2.26. The fraction of sp³-hybridized carbons (Fsp3) is 0.400. The molecule has 0 fully saturated rings. The standard InChI is InChI=1S/C5H8N6/c6-5-8-4(10-11-5)3-1-2-7-9-3/h7H,1-2H2,(H3,6,8,10,11). The van der Waals surface area contributed by atoms with Gasteiger partial charge in [-0.25, -0.2) is 0 Å². The lowest BCUT2D eigenvalue weighted by atomic mass is 10.3. The largest absolute Gasteiger partial charge is 0.366 e. The van der Waals surface area contributed by atoms with Gasteiger partial charge in [0.2, 0.25) is 5.95 Å². The Morgan fingerprint density at radius 2 is 2.36 bits per heavy atom. The molecule has 1 aliphatic rings. The van der Waals surface area contributed by atoms with Crippen molar-refractivity contribution in [3.63, 3.8) is 0 Å². The summed E-state index contributed by atoms with van der Waals surface area (Å²) < 4.78 is 0. The summed E-state index contributed by atoms with van der Waals surface area (Å²) in [5.41, 5.74) is 9.04. The molecule has 4 N–H and O–H groups in total. The van der Waals surface area contributed by atoms with Crippen molar-refractivity contribution in [2.45, 2.75) is 6.42 Å². The zero-order valence-electron chi connectivity index (χ0n) is 5.83. The molecular weight excluding hydrogens is 144 g/mol. The maximum atomic E-state index is 5.32. The first-order valence-electron chi connectivity index (χ1n) is 3.34. The highest BCUT2D eigenvalue weighted by Crippen LogP contribution is 2.02. The van der Waals surface area contributed by atoms with Gasteiger partial charge in [-0.05, 0) is 0 Å². The quantitative estimate of drug-likeness (QED) is 0.485. The molecule has 0 aromatic carbocycles. The molecule has 58 valence electrons. The Balaban J connectivity index is 2.28. The lowest BCUT2D eigenvalue weighted by Crippen LogP contribution is -2.00. The van der Waals surface area contributed by atoms with Crippen molar-refractivity contribution >= 4 is 11.7 Å². The van der Waals surface area contributed by atoms with Crippen LogP contribution in [-0.4, -0.2) is 27.4 Å². The molecule has 0 saturated heterocycles. The first-order chi connectivity index (χ1) is 5.36. The predicted octanol–water partition coefficient (Wildman–Crippen LogP) is -0.916. The summed E-state index contributed by atoms with van der Waals surface area (Å²) in [6, 6.07) is 0. The predicted molar refractivity (Wildman–Crippen MR) is 40.0 cm³/mol. The number of hydrogen-bond acceptors (Lipinski definition) is 5. The maximum absolute atomic E-state index is 5.32. The Labute approximate surface area is 62.9 Å². The Kier molecular flexibility index (Phi) is 1.24. The van der Waals surface area contributed by atoms with Gasteiger partial charge in [-0.15, -0.1) is 5.10 Å². The van der Waals surface area contributed by atoms with Crippen LogP contribution in [0.4, 0.5) is 5.95 Å². The molecule has 0 spiro atoms. The summed E-state index contributed by atoms with van der Waals surface area (Å²) in [6.45, 7) is 0.857. The minimum absolute atomic E-state index is 0.259. The van der Waals surface area contributed by atoms with Crippen molar-refractivity contribution in [1.29, 1.82) is 0 Å². The summed E-state index contributed by atoms with van der Waals surface area (Å²) in [6.07, 6.45) is 0.870. The van der Waals surface area contributed by atoms with Crippen LogP contribution >= 0.6 is 0 Å². The number of nitrogen functional groups attached to an aromatic ring is 1. The molecule has 6 nitrogen and oxygen atoms in total. The van der Waals surface area contributed by atoms with Gasteiger partial charge in [0.05, 0.1) is 0 Å². The van der Waals surface area contributed by atoms with E-state index in [1.54, 1.807) is 0 Å². The molecule has 0 saturated carbocycles. The van der Waals surface area contributed by atoms with Crippen LogP contribution in [0.25, 0.3) is 0 Å². The third-order valence-corrected chi connectivity index (χ3v) is 1.46. The highest BCUT2D eigenvalue weighted by atomic mass is 15.3. The number of nitrogens with one attached hydrogen (secondary N) is 2. The summed E-state index contributed by atoms with van der Waals surface area (Å²) >= 11 is 0. The number of rotatable bonds is 1. The van der Waals surface area contributed by atoms with Crippen LogP contribution in [0, 0.1) is 0 Å². The topological polar surface area (TPSA) is 92.0 Å². The molecule has 0 amide bonds. The summed E-state index contributed by atoms with van der Waals surface area (Å²) in [5, 5.41) is 10.4. The molecule has 1 aromatic heterocycles. The normalized spacial score (nSPS) is 16.2. The van der Waals surface area contributed by atoms with E-state index in [0.29, 0.717) is 5.82 Å². The van der Waals surface area contributed by atoms with E-state index in [9.17, 15) is 0 Å². The van der Waals surface area contributed by atoms with Crippen molar-refractivity contribution in [3.8, 4) is 0 Å². The molecule has 1 aliphatic heterocycles. The fourth-order valence-corrected chi connectivity index (χ4v) is 0.957. The van der Waals surface area contributed by atoms with Gasteiger partial charge in [-0.1, -0.05) is 0 Å². The molecule has 6 heteroatoms. The number of aromatic amines is 1. The average molecular weight is 152 g/mol. The Hall–Kier alpha value is -1.59. The second-order valence-electron chi connectivity index (χ2n) is 2.26. The van der Waals surface area contributed by atoms with Crippen molar-refractivity contribution in [1.82, 2.24) is 20.6 Å². The maximum Gasteiger partial charge on any atom is 0.239 e. The molecule has 0 bridgehead atoms. The van der Waals surface area contributed by atoms with E-state index in [0.717, 1.165) is 18.7 Å². The molecule has 0 radical (unpaired) electrons. The summed E-state index contributed by atoms with van der Waals surface area (Å²) in [5.74, 6) is 0.919. The molecule has 0 atom stereocenters. The number of nitrogens with two attached hydrogens (primary N) is 1. The van der Waals surface area contributed by atoms with Crippen LogP contribution in [0.15, 0.2) is 5.10 Å². The van der Waals surface area contributed by atoms with Gasteiger partial charge >= 0.3 is 0 Å². The third-order valence-electron chi connectivity index (χ3n) is 1.46. The van der Waals surface area contributed by atoms with E-state index in [2.05, 4.69) is 25.7 Å². The van der Waals surface area contributed by atoms with Gasteiger partial charge in [0.15, 0.2) is 5.82 Å². The Bertz CT molecular complexity index is 287. The van der Waals surface area contributed by atoms with Crippen LogP contribution in [0.1, 0.15) is 12.2 Å². The van der Waals surface area contributed by atoms with E-state index in [1.807, 2.05) is 0 Å². The summed E-state index contributed by atoms with van der Waals surface area (Å²) in [7, 11) is 0. The van der Waals surface area contributed by atoms with Crippen LogP contribution in [0.5, 0.6) is 0 Å². The second kappa shape index (κ2) is 2.22. The van der Waals surface area contributed by atoms with E-state index in [4.69, 9.17) is 5.73 Å². The number of H-pyrrole nitrogens is 1. The van der Waals surface area contributed by atoms with Gasteiger partial charge in [0, 0.05) is 13.0 Å². The molecular formula is C5H8N6. The zero-order chi connectivity index (χ0) is 7.68. The molecule has 0 aliphatic carbocycles. The highest BCUT2D eigenvalue weighted by Gasteiger charge is 2.11. The van der Waals surface area contributed by atoms with Gasteiger partial charge in [0.1, 0.15) is 5.71 Å². The van der Waals surface area contributed by atoms with Crippen molar-refractivity contribution < 1.29 is 0 Å². The van der Waals surface area contributed by atoms with E-state index in [1.165, 1.54) is 0 Å². The van der Waals surface area contributed by atoms with E-state index >= 15 is 0 Å². The van der Waals surface area contributed by atoms with Gasteiger partial charge in [-0.2, -0.15) is 10.1 Å².